The molecule has 5 N–H and O–H groups in total. The molecule has 2 aliphatic heterocycles. The van der Waals surface area contributed by atoms with Crippen LogP contribution in [0.2, 0.25) is 0 Å². The molecule has 0 unspecified atom stereocenters. The van der Waals surface area contributed by atoms with E-state index in [0.717, 1.165) is 37.4 Å². The highest BCUT2D eigenvalue weighted by Crippen LogP contribution is 2.29. The number of aliphatic hydroxyl groups excluding tert-OH is 1. The lowest BCUT2D eigenvalue weighted by molar-refractivity contribution is -0.157. The fourth-order valence-corrected chi connectivity index (χ4v) is 13.6. The Morgan fingerprint density at radius 3 is 1.50 bits per heavy atom. The number of nitrogens with zero attached hydrogens (tertiary/aromatic N) is 8. The normalized spacial score (nSPS) is 27.1. The zero-order valence-electron chi connectivity index (χ0n) is 63.1. The molecule has 0 saturated carbocycles. The van der Waals surface area contributed by atoms with Gasteiger partial charge in [0.1, 0.15) is 60.4 Å². The van der Waals surface area contributed by atoms with Gasteiger partial charge in [-0.25, -0.2) is 0 Å². The molecule has 2 saturated heterocycles. The average Bonchev–Trinajstić information content (AvgIpc) is 0.929. The van der Waals surface area contributed by atoms with Gasteiger partial charge in [-0.1, -0.05) is 95.2 Å². The predicted octanol–water partition coefficient (Wildman–Crippen LogP) is 4.58. The zero-order valence-corrected chi connectivity index (χ0v) is 63.9. The van der Waals surface area contributed by atoms with Crippen LogP contribution in [0.5, 0.6) is 0 Å². The number of likely N-dealkylation sites (tertiary alicyclic amines) is 1. The number of nitrogens with one attached hydrogen (secondary N) is 4. The molecule has 0 bridgehead atoms. The number of rotatable bonds is 21. The van der Waals surface area contributed by atoms with Crippen LogP contribution in [0.15, 0.2) is 12.2 Å². The topological polar surface area (TPSA) is 291 Å². The maximum atomic E-state index is 15.5. The van der Waals surface area contributed by atoms with Crippen molar-refractivity contribution in [2.24, 2.45) is 35.5 Å². The summed E-state index contributed by atoms with van der Waals surface area (Å²) >= 11 is 1.20. The number of hydrogen-bond donors (Lipinski definition) is 5. The molecule has 2 heterocycles. The highest BCUT2D eigenvalue weighted by atomic mass is 32.2. The van der Waals surface area contributed by atoms with E-state index >= 15 is 33.6 Å². The Morgan fingerprint density at radius 2 is 1.01 bits per heavy atom. The van der Waals surface area contributed by atoms with Crippen molar-refractivity contribution >= 4 is 76.7 Å². The number of ether oxygens (including phenoxy) is 1. The molecule has 0 radical (unpaired) electrons. The van der Waals surface area contributed by atoms with Crippen LogP contribution >= 0.6 is 11.8 Å². The van der Waals surface area contributed by atoms with Crippen LogP contribution in [0.1, 0.15) is 175 Å². The molecule has 25 nitrogen and oxygen atoms in total. The summed E-state index contributed by atoms with van der Waals surface area (Å²) in [5, 5.41) is 22.3. The Labute approximate surface area is 579 Å². The average molecular weight is 1380 g/mol. The van der Waals surface area contributed by atoms with Crippen molar-refractivity contribution in [1.82, 2.24) is 60.5 Å². The molecule has 13 atom stereocenters. The molecule has 2 aliphatic rings. The molecule has 0 aromatic heterocycles. The number of methoxy groups -OCH3 is 1. The highest BCUT2D eigenvalue weighted by Gasteiger charge is 2.47. The third kappa shape index (κ3) is 24.2. The standard InChI is InChI=1S/C70H126N12O13S/c1-26-28-32-46(13)57(83)56-61(87)73-49(27-2)63(89)81(24)69(96-36-31-35-82-33-29-30-34-82)68(94)78(21)53(40-70(16,17)95-25)60(86)74-54(44(9)10)66(92)75(18)50(37-41(3)4)59(85)71-47(14)58(84)72-48(15)62(88)76(19)51(38-42(5)6)64(90)77(20)52(39-43(7)8)65(91)79(22)55(45(11)12)67(93)80(56)23/h26,28,41-57,69,83H,27,29-40H2,1-25H3,(H,71,85)(H,72,84)(H,73,87)(H,74,86)/b28-26+/t46-,47+,48-,49+,50+,51+,52+,53+,54+,55+,56+,57-,69-/m1/s1. The van der Waals surface area contributed by atoms with Crippen molar-refractivity contribution in [3.05, 3.63) is 12.2 Å². The first-order valence-electron chi connectivity index (χ1n) is 34.8. The largest absolute Gasteiger partial charge is 0.390 e. The predicted molar refractivity (Wildman–Crippen MR) is 376 cm³/mol. The fourth-order valence-electron chi connectivity index (χ4n) is 12.4. The third-order valence-electron chi connectivity index (χ3n) is 18.8. The zero-order chi connectivity index (χ0) is 73.7. The van der Waals surface area contributed by atoms with E-state index in [1.807, 2.05) is 54.5 Å². The first kappa shape index (κ1) is 86.2. The van der Waals surface area contributed by atoms with E-state index in [1.54, 1.807) is 61.5 Å². The van der Waals surface area contributed by atoms with E-state index in [4.69, 9.17) is 4.74 Å². The molecule has 0 spiro atoms. The van der Waals surface area contributed by atoms with Gasteiger partial charge >= 0.3 is 0 Å². The number of likely N-dealkylation sites (N-methyl/N-ethyl adjacent to an activating group) is 7. The highest BCUT2D eigenvalue weighted by molar-refractivity contribution is 8.00. The first-order chi connectivity index (χ1) is 44.5. The monoisotopic (exact) mass is 1370 g/mol. The molecule has 0 aromatic carbocycles. The van der Waals surface area contributed by atoms with Gasteiger partial charge in [0.05, 0.1) is 11.7 Å². The lowest BCUT2D eigenvalue weighted by Crippen LogP contribution is -2.64. The van der Waals surface area contributed by atoms with Crippen LogP contribution in [0.4, 0.5) is 0 Å². The summed E-state index contributed by atoms with van der Waals surface area (Å²) < 4.78 is 5.86. The minimum absolute atomic E-state index is 0.00389. The number of carbonyl (C=O) groups is 11. The fraction of sp³-hybridized carbons (Fsp3) is 0.814. The summed E-state index contributed by atoms with van der Waals surface area (Å²) in [5.74, 6) is -9.45. The quantitative estimate of drug-likeness (QED) is 0.0777. The van der Waals surface area contributed by atoms with Gasteiger partial charge in [-0.05, 0) is 147 Å². The molecule has 96 heavy (non-hydrogen) atoms. The van der Waals surface area contributed by atoms with Crippen LogP contribution in [-0.2, 0) is 57.5 Å². The van der Waals surface area contributed by atoms with Crippen molar-refractivity contribution in [2.75, 3.05) is 81.8 Å². The van der Waals surface area contributed by atoms with Gasteiger partial charge in [0.15, 0.2) is 5.37 Å². The summed E-state index contributed by atoms with van der Waals surface area (Å²) in [6.07, 6.45) is 5.51. The second kappa shape index (κ2) is 39.7. The van der Waals surface area contributed by atoms with Crippen molar-refractivity contribution < 1.29 is 62.6 Å². The van der Waals surface area contributed by atoms with Crippen LogP contribution in [0.25, 0.3) is 0 Å². The van der Waals surface area contributed by atoms with Gasteiger partial charge in [-0.15, -0.1) is 11.8 Å². The van der Waals surface area contributed by atoms with E-state index < -0.39 is 160 Å². The minimum Gasteiger partial charge on any atom is -0.390 e. The van der Waals surface area contributed by atoms with Gasteiger partial charge in [-0.2, -0.15) is 0 Å². The molecular formula is C70H126N12O13S. The second-order valence-electron chi connectivity index (χ2n) is 29.5. The first-order valence-corrected chi connectivity index (χ1v) is 35.9. The van der Waals surface area contributed by atoms with Gasteiger partial charge < -0.3 is 70.3 Å². The molecule has 0 aliphatic carbocycles. The van der Waals surface area contributed by atoms with Crippen LogP contribution in [0, 0.1) is 35.5 Å². The summed E-state index contributed by atoms with van der Waals surface area (Å²) in [5.41, 5.74) is -1.04. The van der Waals surface area contributed by atoms with Crippen molar-refractivity contribution in [3.8, 4) is 0 Å². The van der Waals surface area contributed by atoms with Crippen molar-refractivity contribution in [2.45, 2.75) is 253 Å². The van der Waals surface area contributed by atoms with Gasteiger partial charge in [0, 0.05) is 62.9 Å². The molecule has 550 valence electrons. The molecule has 2 rings (SSSR count). The van der Waals surface area contributed by atoms with Gasteiger partial charge in [-0.3, -0.25) is 52.7 Å². The number of thioether (sulfide) groups is 1. The van der Waals surface area contributed by atoms with E-state index in [2.05, 4.69) is 26.2 Å². The van der Waals surface area contributed by atoms with E-state index in [9.17, 15) is 24.3 Å². The number of allylic oxidation sites excluding steroid dienone is 2. The number of aliphatic hydroxyl groups is 1. The van der Waals surface area contributed by atoms with Gasteiger partial charge in [0.25, 0.3) is 5.91 Å². The molecule has 2 fully saturated rings. The lowest BCUT2D eigenvalue weighted by Gasteiger charge is -2.41. The third-order valence-corrected chi connectivity index (χ3v) is 20.2. The number of carbonyl (C=O) groups excluding carboxylic acids is 11. The van der Waals surface area contributed by atoms with Crippen LogP contribution in [-0.4, -0.2) is 269 Å². The Balaban J connectivity index is 3.13. The molecule has 11 amide bonds. The van der Waals surface area contributed by atoms with Crippen molar-refractivity contribution in [3.63, 3.8) is 0 Å². The maximum Gasteiger partial charge on any atom is 0.256 e. The van der Waals surface area contributed by atoms with E-state index in [1.165, 1.54) is 111 Å². The molecular weight excluding hydrogens is 1250 g/mol. The maximum absolute atomic E-state index is 15.5. The molecule has 26 heteroatoms. The minimum atomic E-state index is -1.64. The Bertz CT molecular complexity index is 2630. The Hall–Kier alpha value is -5.86. The van der Waals surface area contributed by atoms with E-state index in [0.29, 0.717) is 18.6 Å². The lowest BCUT2D eigenvalue weighted by atomic mass is 9.91. The number of amides is 11. The summed E-state index contributed by atoms with van der Waals surface area (Å²) in [4.78, 5) is 176. The summed E-state index contributed by atoms with van der Waals surface area (Å²) in [6.45, 7) is 32.4. The van der Waals surface area contributed by atoms with Gasteiger partial charge in [0.2, 0.25) is 59.1 Å². The van der Waals surface area contributed by atoms with Crippen LogP contribution < -0.4 is 21.3 Å². The SMILES string of the molecule is C/C=C/C[C@@H](C)[C@@H](O)[C@H]1C(=O)N[C@@H](CC)C(=O)N(C)[C@H](SCCCN2CCCC2)C(=O)N(C)[C@@H](CC(C)(C)OC)C(=O)N[C@@H](C(C)C)C(=O)N(C)[C@@H](CC(C)C)C(=O)N[C@@H](C)C(=O)N[C@H](C)C(=O)N(C)[C@@H](CC(C)C)C(=O)N(C)[C@@H](CC(C)C)C(=O)N(C)[C@@H](C(C)C)C(=O)N1C. The van der Waals surface area contributed by atoms with Crippen LogP contribution in [0.3, 0.4) is 0 Å². The van der Waals surface area contributed by atoms with Crippen molar-refractivity contribution in [1.29, 1.82) is 0 Å². The Kier molecular flexibility index (Phi) is 35.6. The smallest absolute Gasteiger partial charge is 0.256 e. The summed E-state index contributed by atoms with van der Waals surface area (Å²) in [7, 11) is 11.5. The molecule has 0 aromatic rings. The Morgan fingerprint density at radius 1 is 0.542 bits per heavy atom. The second-order valence-corrected chi connectivity index (χ2v) is 30.6. The number of hydrogen-bond acceptors (Lipinski definition) is 15. The van der Waals surface area contributed by atoms with E-state index in [-0.39, 0.29) is 49.9 Å². The summed E-state index contributed by atoms with van der Waals surface area (Å²) in [6, 6.07) is -12.8.